The first-order valence-electron chi connectivity index (χ1n) is 9.44. The van der Waals surface area contributed by atoms with Crippen molar-refractivity contribution < 1.29 is 23.8 Å². The number of carbonyl (C=O) groups is 2. The molecule has 8 heteroatoms. The molecule has 0 spiro atoms. The van der Waals surface area contributed by atoms with Crippen molar-refractivity contribution in [3.05, 3.63) is 46.5 Å². The summed E-state index contributed by atoms with van der Waals surface area (Å²) >= 11 is 6.11. The van der Waals surface area contributed by atoms with Crippen LogP contribution in [0.25, 0.3) is 0 Å². The highest BCUT2D eigenvalue weighted by molar-refractivity contribution is 6.31. The van der Waals surface area contributed by atoms with E-state index < -0.39 is 5.91 Å². The maximum absolute atomic E-state index is 12.9. The van der Waals surface area contributed by atoms with Crippen molar-refractivity contribution >= 4 is 29.1 Å². The molecule has 2 aromatic rings. The Morgan fingerprint density at radius 2 is 1.86 bits per heavy atom. The zero-order chi connectivity index (χ0) is 20.4. The summed E-state index contributed by atoms with van der Waals surface area (Å²) in [6, 6.07) is 8.05. The molecule has 0 saturated carbocycles. The van der Waals surface area contributed by atoms with Crippen LogP contribution in [0.4, 0.5) is 5.69 Å². The molecule has 2 heterocycles. The molecule has 0 bridgehead atoms. The predicted molar refractivity (Wildman–Crippen MR) is 109 cm³/mol. The molecule has 152 valence electrons. The number of benzene rings is 2. The Hall–Kier alpha value is -2.93. The molecule has 0 radical (unpaired) electrons. The second-order valence-corrected chi connectivity index (χ2v) is 7.28. The topological polar surface area (TPSA) is 77.1 Å². The molecule has 29 heavy (non-hydrogen) atoms. The maximum atomic E-state index is 12.9. The van der Waals surface area contributed by atoms with Crippen molar-refractivity contribution in [3.8, 4) is 17.2 Å². The Kier molecular flexibility index (Phi) is 5.49. The summed E-state index contributed by atoms with van der Waals surface area (Å²) in [5.74, 6) is 0.812. The van der Waals surface area contributed by atoms with Crippen LogP contribution < -0.4 is 19.5 Å². The van der Waals surface area contributed by atoms with Crippen molar-refractivity contribution in [2.75, 3.05) is 38.7 Å². The predicted octanol–water partition coefficient (Wildman–Crippen LogP) is 3.61. The monoisotopic (exact) mass is 416 g/mol. The van der Waals surface area contributed by atoms with Gasteiger partial charge in [0, 0.05) is 23.7 Å². The van der Waals surface area contributed by atoms with E-state index in [1.54, 1.807) is 35.2 Å². The third-order valence-electron chi connectivity index (χ3n) is 4.94. The van der Waals surface area contributed by atoms with Crippen LogP contribution in [0.15, 0.2) is 30.3 Å². The van der Waals surface area contributed by atoms with Gasteiger partial charge in [-0.05, 0) is 43.2 Å². The van der Waals surface area contributed by atoms with E-state index >= 15 is 0 Å². The Balaban J connectivity index is 1.63. The SMILES string of the molecule is COc1cc(C(=O)Nc2ccc(Cl)cc2C(=O)N2CCCC2)cc2c1OCCO2. The van der Waals surface area contributed by atoms with Crippen molar-refractivity contribution in [1.82, 2.24) is 4.90 Å². The minimum absolute atomic E-state index is 0.139. The maximum Gasteiger partial charge on any atom is 0.256 e. The summed E-state index contributed by atoms with van der Waals surface area (Å²) in [6.07, 6.45) is 1.95. The standard InChI is InChI=1S/C21H21ClN2O5/c1-27-17-10-13(11-18-19(17)29-9-8-28-18)20(25)23-16-5-4-14(22)12-15(16)21(26)24-6-2-3-7-24/h4-5,10-12H,2-3,6-9H2,1H3,(H,23,25). The lowest BCUT2D eigenvalue weighted by Gasteiger charge is -2.21. The summed E-state index contributed by atoms with van der Waals surface area (Å²) in [6.45, 7) is 2.23. The minimum Gasteiger partial charge on any atom is -0.493 e. The smallest absolute Gasteiger partial charge is 0.256 e. The van der Waals surface area contributed by atoms with Gasteiger partial charge in [-0.25, -0.2) is 0 Å². The quantitative estimate of drug-likeness (QED) is 0.823. The van der Waals surface area contributed by atoms with Gasteiger partial charge < -0.3 is 24.4 Å². The molecule has 0 unspecified atom stereocenters. The van der Waals surface area contributed by atoms with E-state index in [9.17, 15) is 9.59 Å². The van der Waals surface area contributed by atoms with E-state index in [4.69, 9.17) is 25.8 Å². The molecule has 1 saturated heterocycles. The van der Waals surface area contributed by atoms with E-state index in [2.05, 4.69) is 5.32 Å². The highest BCUT2D eigenvalue weighted by atomic mass is 35.5. The summed E-state index contributed by atoms with van der Waals surface area (Å²) < 4.78 is 16.5. The van der Waals surface area contributed by atoms with Crippen LogP contribution in [-0.4, -0.2) is 50.1 Å². The lowest BCUT2D eigenvalue weighted by atomic mass is 10.1. The number of rotatable bonds is 4. The first-order valence-corrected chi connectivity index (χ1v) is 9.82. The number of fused-ring (bicyclic) bond motifs is 1. The number of nitrogens with zero attached hydrogens (tertiary/aromatic N) is 1. The average Bonchev–Trinajstić information content (AvgIpc) is 3.28. The van der Waals surface area contributed by atoms with Gasteiger partial charge in [0.05, 0.1) is 18.4 Å². The Morgan fingerprint density at radius 1 is 1.10 bits per heavy atom. The van der Waals surface area contributed by atoms with Crippen LogP contribution in [0.5, 0.6) is 17.2 Å². The second kappa shape index (κ2) is 8.21. The van der Waals surface area contributed by atoms with Crippen molar-refractivity contribution in [2.45, 2.75) is 12.8 Å². The number of carbonyl (C=O) groups excluding carboxylic acids is 2. The Morgan fingerprint density at radius 3 is 2.62 bits per heavy atom. The number of hydrogen-bond donors (Lipinski definition) is 1. The number of ether oxygens (including phenoxy) is 3. The van der Waals surface area contributed by atoms with Crippen LogP contribution in [0, 0.1) is 0 Å². The van der Waals surface area contributed by atoms with Crippen molar-refractivity contribution in [3.63, 3.8) is 0 Å². The van der Waals surface area contributed by atoms with Crippen LogP contribution in [-0.2, 0) is 0 Å². The fourth-order valence-electron chi connectivity index (χ4n) is 3.49. The van der Waals surface area contributed by atoms with Crippen LogP contribution in [0.3, 0.4) is 0 Å². The van der Waals surface area contributed by atoms with Crippen molar-refractivity contribution in [1.29, 1.82) is 0 Å². The van der Waals surface area contributed by atoms with Crippen LogP contribution in [0.2, 0.25) is 5.02 Å². The number of anilines is 1. The van der Waals surface area contributed by atoms with Gasteiger partial charge >= 0.3 is 0 Å². The molecule has 2 aromatic carbocycles. The number of amides is 2. The van der Waals surface area contributed by atoms with Gasteiger partial charge in [0.1, 0.15) is 13.2 Å². The number of hydrogen-bond acceptors (Lipinski definition) is 5. The third kappa shape index (κ3) is 3.96. The summed E-state index contributed by atoms with van der Waals surface area (Å²) in [5, 5.41) is 3.26. The molecule has 2 amide bonds. The van der Waals surface area contributed by atoms with Crippen LogP contribution >= 0.6 is 11.6 Å². The molecular formula is C21H21ClN2O5. The summed E-state index contributed by atoms with van der Waals surface area (Å²) in [5.41, 5.74) is 1.11. The van der Waals surface area contributed by atoms with Gasteiger partial charge in [-0.3, -0.25) is 9.59 Å². The first kappa shape index (κ1) is 19.4. The largest absolute Gasteiger partial charge is 0.493 e. The van der Waals surface area contributed by atoms with Gasteiger partial charge in [0.25, 0.3) is 11.8 Å². The van der Waals surface area contributed by atoms with Gasteiger partial charge in [-0.15, -0.1) is 0 Å². The minimum atomic E-state index is -0.391. The van der Waals surface area contributed by atoms with E-state index in [0.717, 1.165) is 12.8 Å². The molecule has 0 atom stereocenters. The van der Waals surface area contributed by atoms with Crippen molar-refractivity contribution in [2.24, 2.45) is 0 Å². The zero-order valence-corrected chi connectivity index (χ0v) is 16.8. The molecule has 2 aliphatic rings. The number of methoxy groups -OCH3 is 1. The Bertz CT molecular complexity index is 939. The lowest BCUT2D eigenvalue weighted by Crippen LogP contribution is -2.29. The van der Waals surface area contributed by atoms with Crippen LogP contribution in [0.1, 0.15) is 33.6 Å². The lowest BCUT2D eigenvalue weighted by molar-refractivity contribution is 0.0794. The normalized spacial score (nSPS) is 15.2. The summed E-state index contributed by atoms with van der Waals surface area (Å²) in [4.78, 5) is 27.6. The molecule has 0 aliphatic carbocycles. The third-order valence-corrected chi connectivity index (χ3v) is 5.18. The zero-order valence-electron chi connectivity index (χ0n) is 16.0. The highest BCUT2D eigenvalue weighted by Gasteiger charge is 2.25. The van der Waals surface area contributed by atoms with Gasteiger partial charge in [0.2, 0.25) is 5.75 Å². The highest BCUT2D eigenvalue weighted by Crippen LogP contribution is 2.40. The number of likely N-dealkylation sites (tertiary alicyclic amines) is 1. The number of nitrogens with one attached hydrogen (secondary N) is 1. The molecule has 4 rings (SSSR count). The fraction of sp³-hybridized carbons (Fsp3) is 0.333. The summed E-state index contributed by atoms with van der Waals surface area (Å²) in [7, 11) is 1.50. The van der Waals surface area contributed by atoms with E-state index in [0.29, 0.717) is 65.4 Å². The second-order valence-electron chi connectivity index (χ2n) is 6.85. The molecule has 1 fully saturated rings. The van der Waals surface area contributed by atoms with E-state index in [1.807, 2.05) is 0 Å². The molecule has 2 aliphatic heterocycles. The fourth-order valence-corrected chi connectivity index (χ4v) is 3.66. The van der Waals surface area contributed by atoms with Gasteiger partial charge in [-0.1, -0.05) is 11.6 Å². The van der Waals surface area contributed by atoms with Gasteiger partial charge in [0.15, 0.2) is 11.5 Å². The number of halogens is 1. The average molecular weight is 417 g/mol. The molecule has 0 aromatic heterocycles. The van der Waals surface area contributed by atoms with E-state index in [-0.39, 0.29) is 5.91 Å². The molecule has 7 nitrogen and oxygen atoms in total. The van der Waals surface area contributed by atoms with E-state index in [1.165, 1.54) is 7.11 Å². The first-order chi connectivity index (χ1) is 14.1. The molecule has 1 N–H and O–H groups in total. The van der Waals surface area contributed by atoms with Gasteiger partial charge in [-0.2, -0.15) is 0 Å². The Labute approximate surface area is 173 Å². The molecular weight excluding hydrogens is 396 g/mol.